The maximum absolute atomic E-state index is 11.6. The zero-order valence-corrected chi connectivity index (χ0v) is 19.0. The van der Waals surface area contributed by atoms with Gasteiger partial charge in [0.1, 0.15) is 11.7 Å². The molecule has 0 spiro atoms. The van der Waals surface area contributed by atoms with Gasteiger partial charge in [-0.3, -0.25) is 5.41 Å². The number of imidazole rings is 1. The van der Waals surface area contributed by atoms with Crippen molar-refractivity contribution < 1.29 is 9.90 Å². The van der Waals surface area contributed by atoms with E-state index in [1.165, 1.54) is 11.3 Å². The fourth-order valence-electron chi connectivity index (χ4n) is 3.79. The summed E-state index contributed by atoms with van der Waals surface area (Å²) in [6, 6.07) is 16.6. The number of hydrogen-bond donors (Lipinski definition) is 5. The van der Waals surface area contributed by atoms with Crippen molar-refractivity contribution >= 4 is 39.9 Å². The monoisotopic (exact) mass is 471 g/mol. The van der Waals surface area contributed by atoms with Crippen LogP contribution in [0.1, 0.15) is 27.4 Å². The number of hydrogen-bond acceptors (Lipinski definition) is 6. The van der Waals surface area contributed by atoms with Gasteiger partial charge in [0.25, 0.3) is 0 Å². The lowest BCUT2D eigenvalue weighted by Gasteiger charge is -2.09. The summed E-state index contributed by atoms with van der Waals surface area (Å²) in [5.74, 6) is -0.277. The largest absolute Gasteiger partial charge is 0.476 e. The smallest absolute Gasteiger partial charge is 0.356 e. The van der Waals surface area contributed by atoms with E-state index in [2.05, 4.69) is 15.4 Å². The number of anilines is 1. The molecule has 2 aromatic carbocycles. The number of nitrogen functional groups attached to an aromatic ring is 1. The van der Waals surface area contributed by atoms with Gasteiger partial charge in [-0.15, -0.1) is 11.3 Å². The Labute approximate surface area is 198 Å². The minimum atomic E-state index is -1.07. The lowest BCUT2D eigenvalue weighted by Crippen LogP contribution is -2.10. The van der Waals surface area contributed by atoms with Crippen molar-refractivity contribution in [2.24, 2.45) is 5.73 Å². The fourth-order valence-corrected chi connectivity index (χ4v) is 4.52. The molecule has 0 aliphatic rings. The Morgan fingerprint density at radius 1 is 1.24 bits per heavy atom. The third-order valence-electron chi connectivity index (χ3n) is 5.51. The van der Waals surface area contributed by atoms with E-state index in [9.17, 15) is 9.90 Å². The molecule has 0 saturated heterocycles. The Balaban J connectivity index is 1.47. The molecule has 0 saturated carbocycles. The first-order valence-electron chi connectivity index (χ1n) is 10.4. The van der Waals surface area contributed by atoms with Crippen LogP contribution >= 0.6 is 11.3 Å². The molecule has 0 unspecified atom stereocenters. The molecule has 9 nitrogen and oxygen atoms in total. The third-order valence-corrected chi connectivity index (χ3v) is 6.41. The van der Waals surface area contributed by atoms with E-state index < -0.39 is 5.97 Å². The summed E-state index contributed by atoms with van der Waals surface area (Å²) >= 11 is 1.53. The van der Waals surface area contributed by atoms with Gasteiger partial charge in [0.05, 0.1) is 33.8 Å². The number of fused-ring (bicyclic) bond motifs is 1. The van der Waals surface area contributed by atoms with Gasteiger partial charge in [0, 0.05) is 22.9 Å². The van der Waals surface area contributed by atoms with Gasteiger partial charge >= 0.3 is 5.97 Å². The number of aromatic amines is 1. The zero-order valence-electron chi connectivity index (χ0n) is 18.2. The molecular formula is C24H21N7O2S. The summed E-state index contributed by atoms with van der Waals surface area (Å²) in [5, 5.41) is 26.6. The molecule has 0 radical (unpaired) electrons. The second-order valence-electron chi connectivity index (χ2n) is 7.74. The van der Waals surface area contributed by atoms with Crippen molar-refractivity contribution in [3.05, 3.63) is 82.6 Å². The lowest BCUT2D eigenvalue weighted by atomic mass is 10.1. The number of nitrogens with one attached hydrogen (secondary N) is 3. The summed E-state index contributed by atoms with van der Waals surface area (Å²) in [5.41, 5.74) is 11.1. The second-order valence-corrected chi connectivity index (χ2v) is 8.69. The number of H-pyrrole nitrogens is 1. The van der Waals surface area contributed by atoms with Crippen LogP contribution in [0.4, 0.5) is 5.69 Å². The molecule has 3 heterocycles. The molecule has 6 N–H and O–H groups in total. The highest BCUT2D eigenvalue weighted by atomic mass is 32.1. The van der Waals surface area contributed by atoms with Crippen LogP contribution in [0.25, 0.3) is 27.3 Å². The van der Waals surface area contributed by atoms with Crippen molar-refractivity contribution in [2.45, 2.75) is 13.5 Å². The van der Waals surface area contributed by atoms with Crippen molar-refractivity contribution in [1.29, 1.82) is 5.41 Å². The number of nitrogens with two attached hydrogens (primary N) is 1. The molecule has 34 heavy (non-hydrogen) atoms. The average Bonchev–Trinajstić information content (AvgIpc) is 3.57. The predicted octanol–water partition coefficient (Wildman–Crippen LogP) is 4.38. The summed E-state index contributed by atoms with van der Waals surface area (Å²) in [4.78, 5) is 20.6. The highest BCUT2D eigenvalue weighted by Gasteiger charge is 2.19. The summed E-state index contributed by atoms with van der Waals surface area (Å²) < 4.78 is 1.67. The van der Waals surface area contributed by atoms with Crippen LogP contribution in [0.3, 0.4) is 0 Å². The zero-order chi connectivity index (χ0) is 23.8. The number of carbonyl (C=O) groups is 1. The Morgan fingerprint density at radius 2 is 2.03 bits per heavy atom. The fraction of sp³-hybridized carbons (Fsp3) is 0.0833. The average molecular weight is 472 g/mol. The minimum absolute atomic E-state index is 0.00870. The number of amidine groups is 1. The van der Waals surface area contributed by atoms with Gasteiger partial charge < -0.3 is 21.1 Å². The first kappa shape index (κ1) is 21.4. The topological polar surface area (TPSA) is 146 Å². The summed E-state index contributed by atoms with van der Waals surface area (Å²) in [6.07, 6.45) is 0. The first-order valence-corrected chi connectivity index (χ1v) is 11.3. The van der Waals surface area contributed by atoms with Crippen molar-refractivity contribution in [1.82, 2.24) is 19.7 Å². The molecule has 0 aliphatic carbocycles. The van der Waals surface area contributed by atoms with E-state index in [-0.39, 0.29) is 11.5 Å². The molecular weight excluding hydrogens is 450 g/mol. The minimum Gasteiger partial charge on any atom is -0.476 e. The number of aromatic nitrogens is 4. The van der Waals surface area contributed by atoms with Crippen LogP contribution in [0.15, 0.2) is 60.0 Å². The highest BCUT2D eigenvalue weighted by Crippen LogP contribution is 2.31. The van der Waals surface area contributed by atoms with E-state index in [0.29, 0.717) is 12.1 Å². The summed E-state index contributed by atoms with van der Waals surface area (Å²) in [6.45, 7) is 2.44. The Bertz CT molecular complexity index is 1520. The second kappa shape index (κ2) is 8.49. The molecule has 0 fully saturated rings. The molecule has 170 valence electrons. The number of nitrogens with zero attached hydrogens (tertiary/aromatic N) is 3. The number of aromatic carboxylic acids is 1. The van der Waals surface area contributed by atoms with E-state index in [1.54, 1.807) is 22.9 Å². The van der Waals surface area contributed by atoms with Crippen LogP contribution in [-0.2, 0) is 6.54 Å². The SMILES string of the molecule is Cc1c(-n2nc(C(=O)O)cc2-c2cccs2)ccc2[nH]c(CNc3ccc(C(=N)N)cc3)nc12. The maximum Gasteiger partial charge on any atom is 0.356 e. The van der Waals surface area contributed by atoms with Crippen LogP contribution in [0.5, 0.6) is 0 Å². The van der Waals surface area contributed by atoms with Crippen molar-refractivity contribution in [3.8, 4) is 16.3 Å². The van der Waals surface area contributed by atoms with Crippen molar-refractivity contribution in [2.75, 3.05) is 5.32 Å². The Morgan fingerprint density at radius 3 is 2.71 bits per heavy atom. The van der Waals surface area contributed by atoms with E-state index >= 15 is 0 Å². The molecule has 5 rings (SSSR count). The Kier molecular flexibility index (Phi) is 5.34. The van der Waals surface area contributed by atoms with Gasteiger partial charge in [-0.2, -0.15) is 5.10 Å². The lowest BCUT2D eigenvalue weighted by molar-refractivity contribution is 0.0690. The van der Waals surface area contributed by atoms with Gasteiger partial charge in [-0.25, -0.2) is 14.5 Å². The van der Waals surface area contributed by atoms with E-state index in [4.69, 9.17) is 16.1 Å². The highest BCUT2D eigenvalue weighted by molar-refractivity contribution is 7.13. The first-order chi connectivity index (χ1) is 16.4. The number of rotatable bonds is 7. The standard InChI is InChI=1S/C24H21N7O2S/c1-13-18(31-19(20-3-2-10-34-20)11-17(30-31)24(32)33)9-8-16-22(13)29-21(28-16)12-27-15-6-4-14(5-7-15)23(25)26/h2-11,27H,12H2,1H3,(H3,25,26)(H,28,29)(H,32,33). The predicted molar refractivity (Wildman–Crippen MR) is 133 cm³/mol. The molecule has 10 heteroatoms. The van der Waals surface area contributed by atoms with Gasteiger partial charge in [0.15, 0.2) is 5.69 Å². The molecule has 3 aromatic heterocycles. The number of carboxylic acid groups (broad SMARTS) is 1. The normalized spacial score (nSPS) is 11.1. The third kappa shape index (κ3) is 3.90. The van der Waals surface area contributed by atoms with Gasteiger partial charge in [0.2, 0.25) is 0 Å². The van der Waals surface area contributed by atoms with Gasteiger partial charge in [-0.1, -0.05) is 6.07 Å². The number of aryl methyl sites for hydroxylation is 1. The maximum atomic E-state index is 11.6. The van der Waals surface area contributed by atoms with Gasteiger partial charge in [-0.05, 0) is 54.8 Å². The molecule has 0 bridgehead atoms. The van der Waals surface area contributed by atoms with Crippen LogP contribution in [0, 0.1) is 12.3 Å². The number of thiophene rings is 1. The summed E-state index contributed by atoms with van der Waals surface area (Å²) in [7, 11) is 0. The van der Waals surface area contributed by atoms with E-state index in [0.717, 1.165) is 44.4 Å². The van der Waals surface area contributed by atoms with Crippen LogP contribution in [0.2, 0.25) is 0 Å². The van der Waals surface area contributed by atoms with E-state index in [1.807, 2.05) is 48.7 Å². The molecule has 0 amide bonds. The number of benzene rings is 2. The number of carboxylic acids is 1. The molecule has 0 atom stereocenters. The molecule has 5 aromatic rings. The van der Waals surface area contributed by atoms with Crippen molar-refractivity contribution in [3.63, 3.8) is 0 Å². The van der Waals surface area contributed by atoms with Crippen LogP contribution < -0.4 is 11.1 Å². The quantitative estimate of drug-likeness (QED) is 0.176. The molecule has 0 aliphatic heterocycles. The Hall–Kier alpha value is -4.44. The van der Waals surface area contributed by atoms with Crippen LogP contribution in [-0.4, -0.2) is 36.7 Å².